The third kappa shape index (κ3) is 18.9. The molecule has 6 aromatic carbocycles. The first-order valence-corrected chi connectivity index (χ1v) is 34.3. The zero-order valence-electron chi connectivity index (χ0n) is 58.2. The number of nitrogens with one attached hydrogen (secondary N) is 3. The number of carbonyl (C=O) groups excluding carboxylic acids is 6. The van der Waals surface area contributed by atoms with Gasteiger partial charge in [-0.1, -0.05) is 36.4 Å². The number of aliphatic hydroxyl groups is 6. The van der Waals surface area contributed by atoms with E-state index < -0.39 is 91.1 Å². The van der Waals surface area contributed by atoms with Crippen molar-refractivity contribution in [3.63, 3.8) is 0 Å². The Morgan fingerprint density at radius 2 is 0.701 bits per heavy atom. The number of alkyl halides is 9. The minimum Gasteiger partial charge on any atom is -0.394 e. The highest BCUT2D eigenvalue weighted by atomic mass is 19.4. The van der Waals surface area contributed by atoms with Gasteiger partial charge in [-0.25, -0.2) is 15.0 Å². The maximum atomic E-state index is 13.1. The molecular weight excluding hydrogens is 1420 g/mol. The van der Waals surface area contributed by atoms with Crippen LogP contribution in [0.3, 0.4) is 0 Å². The number of hydrogen-bond acceptors (Lipinski definition) is 15. The van der Waals surface area contributed by atoms with Crippen molar-refractivity contribution in [2.45, 2.75) is 126 Å². The van der Waals surface area contributed by atoms with Gasteiger partial charge in [0.25, 0.3) is 17.7 Å². The zero-order chi connectivity index (χ0) is 77.4. The lowest BCUT2D eigenvalue weighted by Gasteiger charge is -2.29. The number of halogens is 9. The van der Waals surface area contributed by atoms with E-state index in [0.717, 1.165) is 84.1 Å². The van der Waals surface area contributed by atoms with Crippen molar-refractivity contribution in [1.82, 2.24) is 43.4 Å². The summed E-state index contributed by atoms with van der Waals surface area (Å²) in [4.78, 5) is 94.7. The van der Waals surface area contributed by atoms with E-state index in [0.29, 0.717) is 72.0 Å². The molecule has 6 atom stereocenters. The molecule has 6 unspecified atom stereocenters. The normalized spacial score (nSPS) is 17.4. The molecule has 107 heavy (non-hydrogen) atoms. The molecule has 0 radical (unpaired) electrons. The van der Waals surface area contributed by atoms with E-state index >= 15 is 0 Å². The number of likely N-dealkylation sites (N-methyl/N-ethyl adjacent to an activating group) is 3. The predicted octanol–water partition coefficient (Wildman–Crippen LogP) is 9.77. The number of fused-ring (bicyclic) bond motifs is 3. The second-order valence-electron chi connectivity index (χ2n) is 26.5. The fourth-order valence-corrected chi connectivity index (χ4v) is 13.0. The third-order valence-corrected chi connectivity index (χ3v) is 19.0. The Morgan fingerprint density at radius 3 is 0.972 bits per heavy atom. The van der Waals surface area contributed by atoms with Crippen molar-refractivity contribution in [2.24, 2.45) is 0 Å². The first-order valence-electron chi connectivity index (χ1n) is 34.3. The van der Waals surface area contributed by atoms with E-state index in [1.807, 2.05) is 18.2 Å². The molecule has 0 bridgehead atoms. The number of aliphatic hydroxyl groups excluding tert-OH is 6. The number of rotatable bonds is 21. The summed E-state index contributed by atoms with van der Waals surface area (Å²) >= 11 is 0. The van der Waals surface area contributed by atoms with Crippen LogP contribution in [0.1, 0.15) is 134 Å². The molecule has 3 fully saturated rings. The highest BCUT2D eigenvalue weighted by molar-refractivity contribution is 6.06. The van der Waals surface area contributed by atoms with Crippen LogP contribution in [0.15, 0.2) is 127 Å². The number of hydrogen-bond donors (Lipinski definition) is 9. The Bertz CT molecular complexity index is 4540. The van der Waals surface area contributed by atoms with Crippen molar-refractivity contribution < 1.29 is 98.9 Å². The monoisotopic (exact) mass is 1500 g/mol. The van der Waals surface area contributed by atoms with Gasteiger partial charge in [0.15, 0.2) is 0 Å². The van der Waals surface area contributed by atoms with Crippen LogP contribution in [0.25, 0.3) is 33.1 Å². The Hall–Kier alpha value is -10.3. The maximum Gasteiger partial charge on any atom is 0.416 e. The zero-order valence-corrected chi connectivity index (χ0v) is 58.2. The topological polar surface area (TPSA) is 323 Å². The molecule has 6 heterocycles. The van der Waals surface area contributed by atoms with Crippen molar-refractivity contribution in [1.29, 1.82) is 0 Å². The Balaban J connectivity index is 0.000000172. The minimum absolute atomic E-state index is 0.00734. The van der Waals surface area contributed by atoms with Crippen molar-refractivity contribution in [2.75, 3.05) is 76.5 Å². The Kier molecular flexibility index (Phi) is 24.9. The number of imidazole rings is 3. The number of aryl methyl sites for hydroxylation is 3. The van der Waals surface area contributed by atoms with Gasteiger partial charge >= 0.3 is 18.5 Å². The Morgan fingerprint density at radius 1 is 0.421 bits per heavy atom. The average molecular weight is 1500 g/mol. The lowest BCUT2D eigenvalue weighted by molar-refractivity contribution is -0.138. The highest BCUT2D eigenvalue weighted by Crippen LogP contribution is 2.37. The molecule has 3 aliphatic rings. The number of aromatic nitrogens is 6. The summed E-state index contributed by atoms with van der Waals surface area (Å²) in [7, 11) is 5.26. The van der Waals surface area contributed by atoms with Crippen LogP contribution >= 0.6 is 0 Å². The summed E-state index contributed by atoms with van der Waals surface area (Å²) in [5.41, 5.74) is 2.27. The molecule has 3 saturated heterocycles. The first kappa shape index (κ1) is 79.2. The maximum absolute atomic E-state index is 13.1. The average Bonchev–Trinajstić information content (AvgIpc) is 1.64. The molecule has 24 nitrogen and oxygen atoms in total. The van der Waals surface area contributed by atoms with E-state index in [1.165, 1.54) is 18.2 Å². The number of benzene rings is 6. The fraction of sp³-hybridized carbons (Fsp3) is 0.392. The molecule has 9 N–H and O–H groups in total. The van der Waals surface area contributed by atoms with Crippen LogP contribution in [0.5, 0.6) is 0 Å². The van der Waals surface area contributed by atoms with Gasteiger partial charge in [0, 0.05) is 77.1 Å². The minimum atomic E-state index is -4.59. The summed E-state index contributed by atoms with van der Waals surface area (Å²) in [5, 5.41) is 64.7. The SMILES string of the molecule is CN1CCC(c2ccc3c(c2)nc(NC(=O)c2cccc(C(F)(F)F)c2)n3CCC(O)CO)C1=O.CN1CCCC(c2ccc3c(c2)nc(NC(=O)c2cccc(C(F)(F)F)c2)n3CCC(O)CO)C1=O.CN1CCCC(c2ccc3c(c2)nc(NC(=O)c2cccc(C(F)(F)F)c2)n3CCC(O)CO)C1=O. The van der Waals surface area contributed by atoms with Gasteiger partial charge in [-0.3, -0.25) is 44.7 Å². The van der Waals surface area contributed by atoms with Gasteiger partial charge in [0.2, 0.25) is 35.6 Å². The van der Waals surface area contributed by atoms with Gasteiger partial charge in [0.05, 0.1) is 106 Å². The van der Waals surface area contributed by atoms with Crippen molar-refractivity contribution in [3.05, 3.63) is 177 Å². The number of likely N-dealkylation sites (tertiary alicyclic amines) is 3. The van der Waals surface area contributed by atoms with E-state index in [1.54, 1.807) is 85.9 Å². The molecule has 3 aromatic heterocycles. The van der Waals surface area contributed by atoms with Crippen LogP contribution in [0.2, 0.25) is 0 Å². The van der Waals surface area contributed by atoms with Crippen LogP contribution < -0.4 is 16.0 Å². The number of anilines is 3. The van der Waals surface area contributed by atoms with Gasteiger partial charge < -0.3 is 59.0 Å². The largest absolute Gasteiger partial charge is 0.416 e. The summed E-state index contributed by atoms with van der Waals surface area (Å²) in [6.07, 6.45) is -12.5. The quantitative estimate of drug-likeness (QED) is 0.0302. The summed E-state index contributed by atoms with van der Waals surface area (Å²) in [6, 6.07) is 28.3. The molecule has 0 saturated carbocycles. The number of nitrogens with zero attached hydrogens (tertiary/aromatic N) is 9. The predicted molar refractivity (Wildman–Crippen MR) is 375 cm³/mol. The number of amides is 6. The molecule has 12 rings (SSSR count). The van der Waals surface area contributed by atoms with Gasteiger partial charge in [-0.2, -0.15) is 39.5 Å². The fourth-order valence-electron chi connectivity index (χ4n) is 13.0. The molecule has 0 aliphatic carbocycles. The molecule has 3 aliphatic heterocycles. The van der Waals surface area contributed by atoms with E-state index in [-0.39, 0.29) is 109 Å². The lowest BCUT2D eigenvalue weighted by atomic mass is 9.90. The molecular formula is C74H79F9N12O12. The van der Waals surface area contributed by atoms with Gasteiger partial charge in [0.1, 0.15) is 0 Å². The van der Waals surface area contributed by atoms with Crippen molar-refractivity contribution in [3.8, 4) is 0 Å². The molecule has 9 aromatic rings. The highest BCUT2D eigenvalue weighted by Gasteiger charge is 2.36. The first-order chi connectivity index (χ1) is 50.7. The Labute approximate surface area is 606 Å². The van der Waals surface area contributed by atoms with Crippen LogP contribution in [0.4, 0.5) is 57.4 Å². The van der Waals surface area contributed by atoms with Gasteiger partial charge in [-0.15, -0.1) is 0 Å². The molecule has 33 heteroatoms. The number of carbonyl (C=O) groups is 6. The lowest BCUT2D eigenvalue weighted by Crippen LogP contribution is -2.36. The van der Waals surface area contributed by atoms with Crippen molar-refractivity contribution >= 4 is 86.4 Å². The molecule has 570 valence electrons. The smallest absolute Gasteiger partial charge is 0.394 e. The van der Waals surface area contributed by atoms with E-state index in [9.17, 15) is 93.8 Å². The second kappa shape index (κ2) is 33.6. The van der Waals surface area contributed by atoms with Gasteiger partial charge in [-0.05, 0) is 159 Å². The van der Waals surface area contributed by atoms with Crippen LogP contribution in [-0.2, 0) is 52.5 Å². The third-order valence-electron chi connectivity index (χ3n) is 19.0. The number of piperidine rings is 2. The van der Waals surface area contributed by atoms with Crippen LogP contribution in [0, 0.1) is 0 Å². The second-order valence-corrected chi connectivity index (χ2v) is 26.5. The van der Waals surface area contributed by atoms with E-state index in [4.69, 9.17) is 5.11 Å². The van der Waals surface area contributed by atoms with Crippen LogP contribution in [-0.4, -0.2) is 188 Å². The standard InChI is InChI=1S/2C25H27F3N4O4.C24H25F3N4O4/c2*1-31-10-3-6-19(23(31)36)15-7-8-21-20(13-15)29-24(32(21)11-9-18(34)14-33)30-22(35)16-4-2-5-17(12-16)25(26,27)28;1-30-9-8-18(22(30)35)14-5-6-20-19(12-14)28-23(31(20)10-7-17(33)13-32)29-21(34)15-3-2-4-16(11-15)24(25,26)27/h2*2,4-5,7-8,12-13,18-19,33-34H,3,6,9-11,14H2,1H3,(H,29,30,35);2-6,11-12,17-18,32-33H,7-10,13H2,1H3,(H,28,29,34). The summed E-state index contributed by atoms with van der Waals surface area (Å²) in [5.74, 6) is -2.94. The molecule has 6 amide bonds. The summed E-state index contributed by atoms with van der Waals surface area (Å²) < 4.78 is 123. The summed E-state index contributed by atoms with van der Waals surface area (Å²) in [6.45, 7) is 1.26. The molecule has 0 spiro atoms. The van der Waals surface area contributed by atoms with E-state index in [2.05, 4.69) is 30.9 Å².